The average molecular weight is 412 g/mol. The summed E-state index contributed by atoms with van der Waals surface area (Å²) < 4.78 is 40.7. The first-order valence-corrected chi connectivity index (χ1v) is 10.4. The number of aryl methyl sites for hydroxylation is 1. The first-order chi connectivity index (χ1) is 13.8. The third-order valence-electron chi connectivity index (χ3n) is 4.48. The van der Waals surface area contributed by atoms with Gasteiger partial charge in [0, 0.05) is 19.2 Å². The highest BCUT2D eigenvalue weighted by molar-refractivity contribution is 7.92. The molecule has 0 atom stereocenters. The van der Waals surface area contributed by atoms with Crippen LogP contribution in [0.4, 0.5) is 10.1 Å². The Bertz CT molecular complexity index is 1150. The fourth-order valence-corrected chi connectivity index (χ4v) is 4.15. The zero-order valence-corrected chi connectivity index (χ0v) is 16.9. The summed E-state index contributed by atoms with van der Waals surface area (Å²) >= 11 is 0. The molecule has 0 aliphatic carbocycles. The van der Waals surface area contributed by atoms with Crippen molar-refractivity contribution < 1.29 is 17.6 Å². The molecular weight excluding hydrogens is 391 g/mol. The highest BCUT2D eigenvalue weighted by atomic mass is 32.2. The van der Waals surface area contributed by atoms with E-state index in [-0.39, 0.29) is 16.1 Å². The standard InChI is InChI=1S/C22H21FN2O3S/c1-16-7-5-8-17(13-16)15-24-22(26)18-9-6-10-19(14-18)29(27,28)25(2)21-12-4-3-11-20(21)23/h3-14H,15H2,1-2H3,(H,24,26). The number of anilines is 1. The van der Waals surface area contributed by atoms with Crippen LogP contribution in [0.25, 0.3) is 0 Å². The van der Waals surface area contributed by atoms with Gasteiger partial charge in [0.2, 0.25) is 0 Å². The minimum atomic E-state index is -4.03. The van der Waals surface area contributed by atoms with E-state index in [2.05, 4.69) is 5.32 Å². The monoisotopic (exact) mass is 412 g/mol. The molecule has 0 bridgehead atoms. The molecule has 3 aromatic rings. The van der Waals surface area contributed by atoms with Crippen molar-refractivity contribution in [3.05, 3.63) is 95.3 Å². The van der Waals surface area contributed by atoms with E-state index in [1.807, 2.05) is 31.2 Å². The van der Waals surface area contributed by atoms with E-state index < -0.39 is 21.7 Å². The normalized spacial score (nSPS) is 11.1. The molecule has 0 spiro atoms. The van der Waals surface area contributed by atoms with Gasteiger partial charge in [0.05, 0.1) is 10.6 Å². The Kier molecular flexibility index (Phi) is 5.98. The second-order valence-electron chi connectivity index (χ2n) is 6.62. The highest BCUT2D eigenvalue weighted by Gasteiger charge is 2.24. The van der Waals surface area contributed by atoms with Crippen molar-refractivity contribution in [3.63, 3.8) is 0 Å². The van der Waals surface area contributed by atoms with Gasteiger partial charge in [-0.05, 0) is 42.8 Å². The minimum Gasteiger partial charge on any atom is -0.348 e. The van der Waals surface area contributed by atoms with Gasteiger partial charge in [-0.3, -0.25) is 9.10 Å². The number of sulfonamides is 1. The van der Waals surface area contributed by atoms with Gasteiger partial charge in [0.1, 0.15) is 5.82 Å². The average Bonchev–Trinajstić information content (AvgIpc) is 2.72. The molecule has 150 valence electrons. The Labute approximate surface area is 169 Å². The predicted molar refractivity (Wildman–Crippen MR) is 111 cm³/mol. The molecule has 7 heteroatoms. The molecule has 0 unspecified atom stereocenters. The Balaban J connectivity index is 1.81. The zero-order valence-electron chi connectivity index (χ0n) is 16.1. The zero-order chi connectivity index (χ0) is 21.0. The molecule has 0 radical (unpaired) electrons. The molecule has 0 heterocycles. The van der Waals surface area contributed by atoms with E-state index in [0.29, 0.717) is 6.54 Å². The molecule has 0 aliphatic rings. The number of benzene rings is 3. The summed E-state index contributed by atoms with van der Waals surface area (Å²) in [4.78, 5) is 12.4. The second-order valence-corrected chi connectivity index (χ2v) is 8.59. The molecule has 1 amide bonds. The molecule has 0 fully saturated rings. The minimum absolute atomic E-state index is 0.0678. The van der Waals surface area contributed by atoms with Gasteiger partial charge in [0.15, 0.2) is 0 Å². The van der Waals surface area contributed by atoms with Crippen molar-refractivity contribution in [1.29, 1.82) is 0 Å². The van der Waals surface area contributed by atoms with Gasteiger partial charge < -0.3 is 5.32 Å². The lowest BCUT2D eigenvalue weighted by atomic mass is 10.1. The molecule has 0 saturated carbocycles. The number of hydrogen-bond donors (Lipinski definition) is 1. The van der Waals surface area contributed by atoms with Crippen LogP contribution in [0.5, 0.6) is 0 Å². The van der Waals surface area contributed by atoms with Crippen molar-refractivity contribution in [2.45, 2.75) is 18.4 Å². The number of halogens is 1. The summed E-state index contributed by atoms with van der Waals surface area (Å²) in [5, 5.41) is 2.78. The van der Waals surface area contributed by atoms with E-state index in [1.165, 1.54) is 49.5 Å². The number of amides is 1. The lowest BCUT2D eigenvalue weighted by Gasteiger charge is -2.20. The van der Waals surface area contributed by atoms with Crippen molar-refractivity contribution in [2.75, 3.05) is 11.4 Å². The van der Waals surface area contributed by atoms with Crippen LogP contribution in [0, 0.1) is 12.7 Å². The smallest absolute Gasteiger partial charge is 0.264 e. The summed E-state index contributed by atoms with van der Waals surface area (Å²) in [7, 11) is -2.75. The predicted octanol–water partition coefficient (Wildman–Crippen LogP) is 3.89. The van der Waals surface area contributed by atoms with Crippen molar-refractivity contribution in [2.24, 2.45) is 0 Å². The number of nitrogens with one attached hydrogen (secondary N) is 1. The van der Waals surface area contributed by atoms with Gasteiger partial charge in [-0.15, -0.1) is 0 Å². The maximum Gasteiger partial charge on any atom is 0.264 e. The summed E-state index contributed by atoms with van der Waals surface area (Å²) in [6, 6.07) is 19.0. The van der Waals surface area contributed by atoms with Crippen LogP contribution in [0.1, 0.15) is 21.5 Å². The Morgan fingerprint density at radius 1 is 1.00 bits per heavy atom. The van der Waals surface area contributed by atoms with Crippen LogP contribution < -0.4 is 9.62 Å². The lowest BCUT2D eigenvalue weighted by Crippen LogP contribution is -2.28. The second kappa shape index (κ2) is 8.45. The van der Waals surface area contributed by atoms with Crippen LogP contribution in [0.15, 0.2) is 77.7 Å². The molecule has 0 aromatic heterocycles. The lowest BCUT2D eigenvalue weighted by molar-refractivity contribution is 0.0950. The van der Waals surface area contributed by atoms with Gasteiger partial charge in [0.25, 0.3) is 15.9 Å². The SMILES string of the molecule is Cc1cccc(CNC(=O)c2cccc(S(=O)(=O)N(C)c3ccccc3F)c2)c1. The van der Waals surface area contributed by atoms with Gasteiger partial charge in [-0.25, -0.2) is 12.8 Å². The molecule has 3 rings (SSSR count). The molecule has 29 heavy (non-hydrogen) atoms. The van der Waals surface area contributed by atoms with E-state index in [0.717, 1.165) is 15.4 Å². The quantitative estimate of drug-likeness (QED) is 0.668. The number of nitrogens with zero attached hydrogens (tertiary/aromatic N) is 1. The summed E-state index contributed by atoms with van der Waals surface area (Å²) in [5.41, 5.74) is 2.17. The molecule has 0 aliphatic heterocycles. The third kappa shape index (κ3) is 4.63. The van der Waals surface area contributed by atoms with E-state index in [9.17, 15) is 17.6 Å². The van der Waals surface area contributed by atoms with Gasteiger partial charge >= 0.3 is 0 Å². The summed E-state index contributed by atoms with van der Waals surface area (Å²) in [5.74, 6) is -1.04. The van der Waals surface area contributed by atoms with Crippen LogP contribution >= 0.6 is 0 Å². The van der Waals surface area contributed by atoms with Gasteiger partial charge in [-0.2, -0.15) is 0 Å². The number of carbonyl (C=O) groups is 1. The molecule has 1 N–H and O–H groups in total. The maximum absolute atomic E-state index is 14.0. The maximum atomic E-state index is 14.0. The third-order valence-corrected chi connectivity index (χ3v) is 6.25. The largest absolute Gasteiger partial charge is 0.348 e. The van der Waals surface area contributed by atoms with E-state index in [1.54, 1.807) is 6.07 Å². The van der Waals surface area contributed by atoms with Crippen molar-refractivity contribution in [1.82, 2.24) is 5.32 Å². The van der Waals surface area contributed by atoms with E-state index in [4.69, 9.17) is 0 Å². The number of carbonyl (C=O) groups excluding carboxylic acids is 1. The number of hydrogen-bond acceptors (Lipinski definition) is 3. The molecular formula is C22H21FN2O3S. The fraction of sp³-hybridized carbons (Fsp3) is 0.136. The molecule has 3 aromatic carbocycles. The number of para-hydroxylation sites is 1. The van der Waals surface area contributed by atoms with Crippen molar-refractivity contribution >= 4 is 21.6 Å². The Morgan fingerprint density at radius 3 is 2.45 bits per heavy atom. The fourth-order valence-electron chi connectivity index (χ4n) is 2.90. The van der Waals surface area contributed by atoms with Crippen LogP contribution in [-0.4, -0.2) is 21.4 Å². The molecule has 0 saturated heterocycles. The Morgan fingerprint density at radius 2 is 1.72 bits per heavy atom. The number of rotatable bonds is 6. The van der Waals surface area contributed by atoms with Crippen LogP contribution in [0.3, 0.4) is 0 Å². The molecule has 5 nitrogen and oxygen atoms in total. The van der Waals surface area contributed by atoms with Gasteiger partial charge in [-0.1, -0.05) is 48.0 Å². The topological polar surface area (TPSA) is 66.5 Å². The first kappa shape index (κ1) is 20.5. The Hall–Kier alpha value is -3.19. The van der Waals surface area contributed by atoms with Crippen LogP contribution in [0.2, 0.25) is 0 Å². The van der Waals surface area contributed by atoms with E-state index >= 15 is 0 Å². The first-order valence-electron chi connectivity index (χ1n) is 8.96. The summed E-state index contributed by atoms with van der Waals surface area (Å²) in [6.45, 7) is 2.29. The van der Waals surface area contributed by atoms with Crippen LogP contribution in [-0.2, 0) is 16.6 Å². The highest BCUT2D eigenvalue weighted by Crippen LogP contribution is 2.25. The summed E-state index contributed by atoms with van der Waals surface area (Å²) in [6.07, 6.45) is 0. The van der Waals surface area contributed by atoms with Crippen molar-refractivity contribution in [3.8, 4) is 0 Å².